The largest absolute Gasteiger partial charge is 0.386 e. The van der Waals surface area contributed by atoms with Gasteiger partial charge in [-0.1, -0.05) is 77.2 Å². The van der Waals surface area contributed by atoms with Crippen molar-refractivity contribution in [2.45, 2.75) is 159 Å². The van der Waals surface area contributed by atoms with Gasteiger partial charge in [0, 0.05) is 221 Å². The van der Waals surface area contributed by atoms with Crippen molar-refractivity contribution in [1.29, 1.82) is 0 Å². The van der Waals surface area contributed by atoms with Crippen molar-refractivity contribution in [3.05, 3.63) is 316 Å². The zero-order valence-corrected chi connectivity index (χ0v) is 94.8. The van der Waals surface area contributed by atoms with Gasteiger partial charge in [-0.2, -0.15) is 0 Å². The topological polar surface area (TPSA) is 197 Å². The van der Waals surface area contributed by atoms with Gasteiger partial charge >= 0.3 is 0 Å². The summed E-state index contributed by atoms with van der Waals surface area (Å²) in [5.41, 5.74) is 27.9. The smallest absolute Gasteiger partial charge is 0.227 e. The van der Waals surface area contributed by atoms with Crippen molar-refractivity contribution in [3.63, 3.8) is 0 Å². The van der Waals surface area contributed by atoms with E-state index in [2.05, 4.69) is 202 Å². The molecule has 0 bridgehead atoms. The third-order valence-corrected chi connectivity index (χ3v) is 37.9. The Kier molecular flexibility index (Phi) is 35.5. The molecule has 5 amide bonds. The molecule has 6 aromatic heterocycles. The maximum atomic E-state index is 13.2. The average Bonchev–Trinajstić information content (AvgIpc) is 1.59. The number of hydrogen-bond acceptors (Lipinski definition) is 13. The summed E-state index contributed by atoms with van der Waals surface area (Å²) < 4.78 is 12.0. The number of rotatable bonds is 13. The number of halogens is 12. The number of carbonyl (C=O) groups excluding carboxylic acids is 5. The molecule has 20 rings (SSSR count). The molecule has 4 atom stereocenters. The number of piperazine rings is 2. The Labute approximate surface area is 909 Å². The number of likely N-dealkylation sites (tertiary alicyclic amines) is 4. The second-order valence-corrected chi connectivity index (χ2v) is 47.4. The maximum Gasteiger partial charge on any atom is 0.227 e. The van der Waals surface area contributed by atoms with Crippen LogP contribution in [0.4, 0.5) is 0 Å². The quantitative estimate of drug-likeness (QED) is 0.107. The maximum absolute atomic E-state index is 13.2. The minimum atomic E-state index is 0.0346. The number of hydrogen-bond donors (Lipinski definition) is 1. The van der Waals surface area contributed by atoms with Gasteiger partial charge in [-0.3, -0.25) is 53.7 Å². The molecule has 736 valence electrons. The third-order valence-electron chi connectivity index (χ3n) is 30.3. The van der Waals surface area contributed by atoms with Crippen LogP contribution < -0.4 is 14.9 Å². The molecule has 10 aromatic rings. The summed E-state index contributed by atoms with van der Waals surface area (Å²) >= 11 is 55.4. The minimum absolute atomic E-state index is 0.0346. The number of aryl methyl sites for hydroxylation is 6. The lowest BCUT2D eigenvalue weighted by Crippen LogP contribution is -2.50. The van der Waals surface area contributed by atoms with Crippen LogP contribution >= 0.6 is 174 Å². The van der Waals surface area contributed by atoms with Gasteiger partial charge in [-0.15, -0.1) is 0 Å². The Bertz CT molecular complexity index is 5890. The van der Waals surface area contributed by atoms with Crippen molar-refractivity contribution in [2.24, 2.45) is 43.5 Å². The molecule has 0 spiro atoms. The number of benzene rings is 4. The third kappa shape index (κ3) is 24.6. The Morgan fingerprint density at radius 1 is 0.357 bits per heavy atom. The summed E-state index contributed by atoms with van der Waals surface area (Å²) in [5, 5.41) is 2.99. The van der Waals surface area contributed by atoms with Gasteiger partial charge in [0.15, 0.2) is 24.8 Å². The number of aromatic nitrogens is 6. The Morgan fingerprint density at radius 3 is 0.964 bits per heavy atom. The fourth-order valence-corrected chi connectivity index (χ4v) is 27.1. The van der Waals surface area contributed by atoms with Crippen LogP contribution in [0.3, 0.4) is 0 Å². The standard InChI is InChI=1S/C28H33Br2ClN4O.C27H31Br2ClN4O2.C27H27Br2ClN3O.C26H26Br2ClN4O/c1-17(32)34-10-6-18(7-11-34)14-25(36)35-12-8-19(9-13-35)26-22-4-5-24(31)27(30)23(22)3-2-20-15-21(29)16-33-28(20)26;1-17(35)32-8-6-18(7-9-32)14-24(36)33-10-12-34(13-11-33)27-22-4-5-23(30)25(29)21(22)3-2-19-15-20(28)16-31-26(19)27;1-32-10-6-17(7-11-32)14-24(34)33-12-8-18(9-13-33)25-21-4-5-23(30)26(29)22(21)3-2-19-15-20(28)16-31-27(19)25;1-31-8-6-17(7-9-31)14-23(34)32-10-12-33(13-11-32)26-21-4-5-22(29)24(28)20(21)3-2-18-15-19(27)16-30-25(18)26/h4-5,15-16,18-19,26H,1-3,6-14,32H2;4-5,15-16,18,27H,2-3,6-14H2,1H3;4-7,10-11,15-16,18,25H,2-3,8-9,12-14H2,1H3;4-9,15-16,26H,2-3,10-14H2,1H3/q;;2*+1. The van der Waals surface area contributed by atoms with E-state index < -0.39 is 0 Å². The molecule has 6 aliphatic heterocycles. The molecule has 12 heterocycles. The van der Waals surface area contributed by atoms with E-state index >= 15 is 0 Å². The molecular formula is C108H117Br8Cl4N15O5+2. The molecule has 32 heteroatoms. The summed E-state index contributed by atoms with van der Waals surface area (Å²) in [6, 6.07) is 33.6. The fourth-order valence-electron chi connectivity index (χ4n) is 22.6. The van der Waals surface area contributed by atoms with Gasteiger partial charge in [0.2, 0.25) is 29.5 Å². The summed E-state index contributed by atoms with van der Waals surface area (Å²) in [7, 11) is 3.97. The van der Waals surface area contributed by atoms with E-state index in [1.165, 1.54) is 78.1 Å². The second kappa shape index (κ2) is 47.5. The highest BCUT2D eigenvalue weighted by atomic mass is 79.9. The SMILES string of the molecule is C=C(N)N1CCC(CC(=O)N2CCC(C3c4ccc(Cl)c(Br)c4CCc4cc(Br)cnc43)CC2)CC1.CC(=O)N1CCC(CC(=O)N2CCN(C3c4ccc(Cl)c(Br)c4CCc4cc(Br)cnc43)CC2)CC1.C[n+]1ccc(CC(=O)N2CCC(C3c4ccc(Cl)c(Br)c4CCc4cc(Br)cnc43)CC2)cc1.C[n+]1ccc(CC(=O)N2CCN(C3c4ccc(Cl)c(Br)c4CCc4cc(Br)cnc43)CC2)cc1. The van der Waals surface area contributed by atoms with E-state index in [9.17, 15) is 24.0 Å². The van der Waals surface area contributed by atoms with Crippen LogP contribution in [0.5, 0.6) is 0 Å². The molecular weight excluding hydrogens is 2370 g/mol. The zero-order valence-electron chi connectivity index (χ0n) is 79.1. The van der Waals surface area contributed by atoms with Crippen LogP contribution in [0.25, 0.3) is 0 Å². The highest BCUT2D eigenvalue weighted by molar-refractivity contribution is 9.11. The molecule has 20 nitrogen and oxygen atoms in total. The predicted molar refractivity (Wildman–Crippen MR) is 581 cm³/mol. The summed E-state index contributed by atoms with van der Waals surface area (Å²) in [5.74, 6) is 3.82. The van der Waals surface area contributed by atoms with Gasteiger partial charge in [0.1, 0.15) is 14.1 Å². The zero-order chi connectivity index (χ0) is 98.4. The molecule has 10 aliphatic rings. The molecule has 140 heavy (non-hydrogen) atoms. The highest BCUT2D eigenvalue weighted by Gasteiger charge is 2.42. The highest BCUT2D eigenvalue weighted by Crippen LogP contribution is 2.51. The first-order chi connectivity index (χ1) is 67.4. The first-order valence-electron chi connectivity index (χ1n) is 48.8. The lowest BCUT2D eigenvalue weighted by molar-refractivity contribution is -0.671. The molecule has 6 fully saturated rings. The van der Waals surface area contributed by atoms with Crippen molar-refractivity contribution < 1.29 is 33.1 Å². The summed E-state index contributed by atoms with van der Waals surface area (Å²) in [6.07, 6.45) is 32.8. The minimum Gasteiger partial charge on any atom is -0.386 e. The van der Waals surface area contributed by atoms with Crippen LogP contribution in [0, 0.1) is 23.7 Å². The van der Waals surface area contributed by atoms with Crippen LogP contribution in [0.2, 0.25) is 20.1 Å². The molecule has 0 saturated carbocycles. The van der Waals surface area contributed by atoms with Crippen LogP contribution in [-0.2, 0) is 102 Å². The van der Waals surface area contributed by atoms with Crippen molar-refractivity contribution in [2.75, 3.05) is 105 Å². The van der Waals surface area contributed by atoms with E-state index in [4.69, 9.17) is 72.1 Å². The monoisotopic (exact) mass is 2480 g/mol. The normalized spacial score (nSPS) is 19.7. The van der Waals surface area contributed by atoms with E-state index in [0.29, 0.717) is 74.2 Å². The molecule has 2 N–H and O–H groups in total. The van der Waals surface area contributed by atoms with Gasteiger partial charge in [0.25, 0.3) is 0 Å². The number of pyridine rings is 6. The summed E-state index contributed by atoms with van der Waals surface area (Å²) in [4.78, 5) is 101. The van der Waals surface area contributed by atoms with Crippen LogP contribution in [0.15, 0.2) is 195 Å². The van der Waals surface area contributed by atoms with E-state index in [-0.39, 0.29) is 47.5 Å². The Hall–Kier alpha value is -6.61. The van der Waals surface area contributed by atoms with Gasteiger partial charge in [-0.25, -0.2) is 9.13 Å². The second-order valence-electron chi connectivity index (χ2n) is 38.9. The Morgan fingerprint density at radius 2 is 0.636 bits per heavy atom. The number of amides is 5. The molecule has 6 saturated heterocycles. The predicted octanol–water partition coefficient (Wildman–Crippen LogP) is 22.0. The first kappa shape index (κ1) is 105. The summed E-state index contributed by atoms with van der Waals surface area (Å²) in [6.45, 7) is 18.1. The van der Waals surface area contributed by atoms with E-state index in [0.717, 1.165) is 273 Å². The number of piperidine rings is 4. The number of nitrogens with two attached hydrogens (primary N) is 1. The average molecular weight is 2490 g/mol. The van der Waals surface area contributed by atoms with Crippen molar-refractivity contribution in [1.82, 2.24) is 59.1 Å². The van der Waals surface area contributed by atoms with Crippen molar-refractivity contribution in [3.8, 4) is 0 Å². The van der Waals surface area contributed by atoms with Crippen molar-refractivity contribution >= 4 is 203 Å². The van der Waals surface area contributed by atoms with Gasteiger partial charge < -0.3 is 35.1 Å². The van der Waals surface area contributed by atoms with Gasteiger partial charge in [0.05, 0.1) is 73.6 Å². The number of fused-ring (bicyclic) bond motifs is 8. The first-order valence-corrected chi connectivity index (χ1v) is 56.7. The molecule has 4 unspecified atom stereocenters. The fraction of sp³-hybridized carbons (Fsp3) is 0.435. The van der Waals surface area contributed by atoms with Gasteiger partial charge in [-0.05, 0) is 380 Å². The molecule has 0 radical (unpaired) electrons. The lowest BCUT2D eigenvalue weighted by Gasteiger charge is -2.40. The molecule has 4 aromatic carbocycles. The molecule has 4 aliphatic carbocycles. The Balaban J connectivity index is 0.000000129. The lowest BCUT2D eigenvalue weighted by atomic mass is 9.76. The number of nitrogens with zero attached hydrogens (tertiary/aromatic N) is 14. The van der Waals surface area contributed by atoms with Crippen LogP contribution in [-0.4, -0.2) is 193 Å². The van der Waals surface area contributed by atoms with E-state index in [1.807, 2.05) is 141 Å². The van der Waals surface area contributed by atoms with E-state index in [1.54, 1.807) is 6.92 Å². The van der Waals surface area contributed by atoms with Crippen LogP contribution in [0.1, 0.15) is 196 Å². The number of carbonyl (C=O) groups is 5.